The van der Waals surface area contributed by atoms with E-state index in [0.29, 0.717) is 22.5 Å². The molecule has 0 atom stereocenters. The zero-order valence-corrected chi connectivity index (χ0v) is 16.8. The Bertz CT molecular complexity index is 1260. The maximum atomic E-state index is 13.1. The number of aromatic amines is 1. The van der Waals surface area contributed by atoms with E-state index in [1.165, 1.54) is 6.92 Å². The van der Waals surface area contributed by atoms with Crippen LogP contribution in [-0.2, 0) is 9.53 Å². The SMILES string of the molecule is CC(=O)Nc1ccc(C(=O)OCC(=O)c2c(-c3ccccc3)[nH]c3ccccc23)cc1. The maximum Gasteiger partial charge on any atom is 0.338 e. The van der Waals surface area contributed by atoms with Gasteiger partial charge in [-0.3, -0.25) is 9.59 Å². The summed E-state index contributed by atoms with van der Waals surface area (Å²) in [4.78, 5) is 39.9. The third-order valence-electron chi connectivity index (χ3n) is 4.82. The number of anilines is 1. The molecular formula is C25H20N2O4. The second-order valence-electron chi connectivity index (χ2n) is 7.04. The minimum atomic E-state index is -0.608. The normalized spacial score (nSPS) is 10.6. The number of aromatic nitrogens is 1. The van der Waals surface area contributed by atoms with Gasteiger partial charge in [-0.1, -0.05) is 48.5 Å². The van der Waals surface area contributed by atoms with Gasteiger partial charge in [0.25, 0.3) is 0 Å². The first-order valence-corrected chi connectivity index (χ1v) is 9.77. The summed E-state index contributed by atoms with van der Waals surface area (Å²) in [6, 6.07) is 23.4. The molecule has 1 aromatic heterocycles. The molecule has 1 heterocycles. The van der Waals surface area contributed by atoms with Crippen LogP contribution in [0.4, 0.5) is 5.69 Å². The van der Waals surface area contributed by atoms with Gasteiger partial charge in [0.15, 0.2) is 6.61 Å². The minimum Gasteiger partial charge on any atom is -0.454 e. The number of carbonyl (C=O) groups excluding carboxylic acids is 3. The number of para-hydroxylation sites is 1. The number of Topliss-reactive ketones (excluding diaryl/α,β-unsaturated/α-hetero) is 1. The molecule has 154 valence electrons. The molecule has 6 nitrogen and oxygen atoms in total. The highest BCUT2D eigenvalue weighted by molar-refractivity contribution is 6.14. The van der Waals surface area contributed by atoms with Crippen LogP contribution in [0.2, 0.25) is 0 Å². The molecule has 4 aromatic rings. The van der Waals surface area contributed by atoms with Gasteiger partial charge in [0.05, 0.1) is 16.8 Å². The highest BCUT2D eigenvalue weighted by Crippen LogP contribution is 2.30. The van der Waals surface area contributed by atoms with Gasteiger partial charge in [-0.25, -0.2) is 4.79 Å². The van der Waals surface area contributed by atoms with Crippen molar-refractivity contribution in [2.24, 2.45) is 0 Å². The highest BCUT2D eigenvalue weighted by Gasteiger charge is 2.21. The van der Waals surface area contributed by atoms with Gasteiger partial charge in [0.2, 0.25) is 11.7 Å². The van der Waals surface area contributed by atoms with Gasteiger partial charge >= 0.3 is 5.97 Å². The van der Waals surface area contributed by atoms with Crippen LogP contribution in [0, 0.1) is 0 Å². The molecule has 0 saturated heterocycles. The van der Waals surface area contributed by atoms with E-state index in [1.54, 1.807) is 24.3 Å². The molecule has 31 heavy (non-hydrogen) atoms. The fraction of sp³-hybridized carbons (Fsp3) is 0.0800. The Labute approximate surface area is 178 Å². The predicted octanol–water partition coefficient (Wildman–Crippen LogP) is 4.83. The van der Waals surface area contributed by atoms with Crippen molar-refractivity contribution in [3.8, 4) is 11.3 Å². The standard InChI is InChI=1S/C25H20N2O4/c1-16(28)26-19-13-11-18(12-14-19)25(30)31-15-22(29)23-20-9-5-6-10-21(20)27-24(23)17-7-3-2-4-8-17/h2-14,27H,15H2,1H3,(H,26,28). The maximum absolute atomic E-state index is 13.1. The Morgan fingerprint density at radius 3 is 2.26 bits per heavy atom. The number of ketones is 1. The number of hydrogen-bond acceptors (Lipinski definition) is 4. The number of carbonyl (C=O) groups is 3. The molecule has 0 aliphatic carbocycles. The van der Waals surface area contributed by atoms with E-state index in [-0.39, 0.29) is 18.3 Å². The van der Waals surface area contributed by atoms with Crippen LogP contribution >= 0.6 is 0 Å². The van der Waals surface area contributed by atoms with Crippen molar-refractivity contribution in [1.29, 1.82) is 0 Å². The number of benzene rings is 3. The van der Waals surface area contributed by atoms with Gasteiger partial charge in [-0.2, -0.15) is 0 Å². The Balaban J connectivity index is 1.55. The summed E-state index contributed by atoms with van der Waals surface area (Å²) >= 11 is 0. The number of nitrogens with one attached hydrogen (secondary N) is 2. The van der Waals surface area contributed by atoms with Gasteiger partial charge in [-0.05, 0) is 35.9 Å². The summed E-state index contributed by atoms with van der Waals surface area (Å²) in [6.07, 6.45) is 0. The summed E-state index contributed by atoms with van der Waals surface area (Å²) in [5.41, 5.74) is 3.78. The van der Waals surface area contributed by atoms with E-state index in [4.69, 9.17) is 4.74 Å². The van der Waals surface area contributed by atoms with Crippen molar-refractivity contribution >= 4 is 34.3 Å². The van der Waals surface area contributed by atoms with Crippen molar-refractivity contribution in [3.05, 3.63) is 90.0 Å². The lowest BCUT2D eigenvalue weighted by Crippen LogP contribution is -2.15. The van der Waals surface area contributed by atoms with Gasteiger partial charge in [0.1, 0.15) is 0 Å². The van der Waals surface area contributed by atoms with E-state index < -0.39 is 5.97 Å². The summed E-state index contributed by atoms with van der Waals surface area (Å²) < 4.78 is 5.28. The first kappa shape index (κ1) is 20.1. The number of H-pyrrole nitrogens is 1. The third kappa shape index (κ3) is 4.38. The molecule has 0 aliphatic heterocycles. The lowest BCUT2D eigenvalue weighted by molar-refractivity contribution is -0.114. The molecular weight excluding hydrogens is 392 g/mol. The first-order valence-electron chi connectivity index (χ1n) is 9.77. The molecule has 0 spiro atoms. The number of rotatable bonds is 6. The summed E-state index contributed by atoms with van der Waals surface area (Å²) in [5.74, 6) is -1.10. The Morgan fingerprint density at radius 1 is 0.871 bits per heavy atom. The number of hydrogen-bond donors (Lipinski definition) is 2. The number of amides is 1. The van der Waals surface area contributed by atoms with E-state index in [9.17, 15) is 14.4 Å². The number of esters is 1. The van der Waals surface area contributed by atoms with Crippen molar-refractivity contribution in [2.45, 2.75) is 6.92 Å². The van der Waals surface area contributed by atoms with Crippen LogP contribution in [0.15, 0.2) is 78.9 Å². The quantitative estimate of drug-likeness (QED) is 0.351. The molecule has 0 saturated carbocycles. The first-order chi connectivity index (χ1) is 15.0. The van der Waals surface area contributed by atoms with E-state index in [0.717, 1.165) is 16.5 Å². The zero-order valence-electron chi connectivity index (χ0n) is 16.8. The molecule has 3 aromatic carbocycles. The Morgan fingerprint density at radius 2 is 1.55 bits per heavy atom. The third-order valence-corrected chi connectivity index (χ3v) is 4.82. The van der Waals surface area contributed by atoms with Crippen molar-refractivity contribution in [1.82, 2.24) is 4.98 Å². The zero-order chi connectivity index (χ0) is 21.8. The molecule has 6 heteroatoms. The van der Waals surface area contributed by atoms with Crippen molar-refractivity contribution < 1.29 is 19.1 Å². The second kappa shape index (κ2) is 8.67. The lowest BCUT2D eigenvalue weighted by atomic mass is 10.0. The molecule has 0 unspecified atom stereocenters. The highest BCUT2D eigenvalue weighted by atomic mass is 16.5. The molecule has 2 N–H and O–H groups in total. The predicted molar refractivity (Wildman–Crippen MR) is 119 cm³/mol. The molecule has 4 rings (SSSR count). The molecule has 0 aliphatic rings. The summed E-state index contributed by atoms with van der Waals surface area (Å²) in [7, 11) is 0. The van der Waals surface area contributed by atoms with Crippen molar-refractivity contribution in [3.63, 3.8) is 0 Å². The smallest absolute Gasteiger partial charge is 0.338 e. The molecule has 0 bridgehead atoms. The van der Waals surface area contributed by atoms with Crippen LogP contribution < -0.4 is 5.32 Å². The Kier molecular flexibility index (Phi) is 5.62. The average molecular weight is 412 g/mol. The summed E-state index contributed by atoms with van der Waals surface area (Å²) in [5, 5.41) is 3.41. The van der Waals surface area contributed by atoms with Crippen LogP contribution in [0.1, 0.15) is 27.6 Å². The fourth-order valence-electron chi connectivity index (χ4n) is 3.43. The topological polar surface area (TPSA) is 88.3 Å². The Hall–Kier alpha value is -4.19. The largest absolute Gasteiger partial charge is 0.454 e. The molecule has 0 radical (unpaired) electrons. The molecule has 0 fully saturated rings. The monoisotopic (exact) mass is 412 g/mol. The lowest BCUT2D eigenvalue weighted by Gasteiger charge is -2.07. The van der Waals surface area contributed by atoms with E-state index >= 15 is 0 Å². The summed E-state index contributed by atoms with van der Waals surface area (Å²) in [6.45, 7) is 1.02. The van der Waals surface area contributed by atoms with Crippen molar-refractivity contribution in [2.75, 3.05) is 11.9 Å². The fourth-order valence-corrected chi connectivity index (χ4v) is 3.43. The minimum absolute atomic E-state index is 0.200. The number of fused-ring (bicyclic) bond motifs is 1. The van der Waals surface area contributed by atoms with Crippen LogP contribution in [0.3, 0.4) is 0 Å². The number of ether oxygens (including phenoxy) is 1. The average Bonchev–Trinajstić information content (AvgIpc) is 3.18. The van der Waals surface area contributed by atoms with Crippen LogP contribution in [0.5, 0.6) is 0 Å². The second-order valence-corrected chi connectivity index (χ2v) is 7.04. The van der Waals surface area contributed by atoms with E-state index in [1.807, 2.05) is 54.6 Å². The van der Waals surface area contributed by atoms with Crippen LogP contribution in [-0.4, -0.2) is 29.3 Å². The van der Waals surface area contributed by atoms with Gasteiger partial charge < -0.3 is 15.0 Å². The molecule has 1 amide bonds. The van der Waals surface area contributed by atoms with Gasteiger partial charge in [-0.15, -0.1) is 0 Å². The van der Waals surface area contributed by atoms with Crippen LogP contribution in [0.25, 0.3) is 22.2 Å². The van der Waals surface area contributed by atoms with Gasteiger partial charge in [0, 0.05) is 23.5 Å². The van der Waals surface area contributed by atoms with E-state index in [2.05, 4.69) is 10.3 Å².